The Hall–Kier alpha value is -1.15. The van der Waals surface area contributed by atoms with Crippen molar-refractivity contribution in [2.75, 3.05) is 11.9 Å². The average Bonchev–Trinajstić information content (AvgIpc) is 2.14. The largest absolute Gasteiger partial charge is 0.418 e. The van der Waals surface area contributed by atoms with Gasteiger partial charge in [-0.1, -0.05) is 21.9 Å². The Labute approximate surface area is 93.8 Å². The summed E-state index contributed by atoms with van der Waals surface area (Å²) in [4.78, 5) is 0. The molecule has 1 aromatic rings. The normalized spacial score (nSPS) is 10.9. The van der Waals surface area contributed by atoms with Crippen molar-refractivity contribution in [2.24, 2.45) is 0 Å². The number of nitrogens with one attached hydrogen (secondary N) is 1. The molecule has 0 atom stereocenters. The number of halogens is 4. The maximum absolute atomic E-state index is 12.5. The Morgan fingerprint density at radius 1 is 1.40 bits per heavy atom. The van der Waals surface area contributed by atoms with Crippen LogP contribution in [0.3, 0.4) is 0 Å². The molecule has 0 aliphatic rings. The molecular formula is C10H7BrF3N. The fraction of sp³-hybridized carbons (Fsp3) is 0.200. The molecule has 0 amide bonds. The van der Waals surface area contributed by atoms with Crippen molar-refractivity contribution < 1.29 is 13.2 Å². The second-order valence-corrected chi connectivity index (χ2v) is 3.66. The molecule has 0 saturated carbocycles. The fourth-order valence-corrected chi connectivity index (χ4v) is 1.41. The van der Waals surface area contributed by atoms with Crippen LogP contribution in [0, 0.1) is 12.3 Å². The molecule has 0 radical (unpaired) electrons. The highest BCUT2D eigenvalue weighted by Gasteiger charge is 2.33. The smallest absolute Gasteiger partial charge is 0.374 e. The second kappa shape index (κ2) is 4.58. The molecule has 1 rings (SSSR count). The van der Waals surface area contributed by atoms with Crippen molar-refractivity contribution in [1.29, 1.82) is 0 Å². The standard InChI is InChI=1S/C10H7BrF3N/c1-2-5-15-9-4-3-7(11)6-8(9)10(12,13)14/h1,3-4,6,15H,5H2. The monoisotopic (exact) mass is 277 g/mol. The van der Waals surface area contributed by atoms with Gasteiger partial charge in [0.15, 0.2) is 0 Å². The van der Waals surface area contributed by atoms with Crippen LogP contribution in [-0.2, 0) is 6.18 Å². The number of rotatable bonds is 2. The second-order valence-electron chi connectivity index (χ2n) is 2.75. The van der Waals surface area contributed by atoms with Crippen molar-refractivity contribution >= 4 is 21.6 Å². The lowest BCUT2D eigenvalue weighted by molar-refractivity contribution is -0.137. The molecule has 15 heavy (non-hydrogen) atoms. The maximum atomic E-state index is 12.5. The summed E-state index contributed by atoms with van der Waals surface area (Å²) in [7, 11) is 0. The quantitative estimate of drug-likeness (QED) is 0.816. The maximum Gasteiger partial charge on any atom is 0.418 e. The first-order chi connectivity index (χ1) is 6.95. The van der Waals surface area contributed by atoms with E-state index in [1.54, 1.807) is 0 Å². The lowest BCUT2D eigenvalue weighted by Gasteiger charge is -2.13. The fourth-order valence-electron chi connectivity index (χ4n) is 1.05. The van der Waals surface area contributed by atoms with Crippen LogP contribution in [0.1, 0.15) is 5.56 Å². The van der Waals surface area contributed by atoms with Gasteiger partial charge in [-0.3, -0.25) is 0 Å². The van der Waals surface area contributed by atoms with Gasteiger partial charge in [0, 0.05) is 10.2 Å². The van der Waals surface area contributed by atoms with E-state index in [9.17, 15) is 13.2 Å². The summed E-state index contributed by atoms with van der Waals surface area (Å²) in [6, 6.07) is 3.87. The molecule has 1 nitrogen and oxygen atoms in total. The molecular weight excluding hydrogens is 271 g/mol. The summed E-state index contributed by atoms with van der Waals surface area (Å²) in [6.45, 7) is 0.0602. The van der Waals surface area contributed by atoms with Crippen molar-refractivity contribution in [3.05, 3.63) is 28.2 Å². The molecule has 0 fully saturated rings. The summed E-state index contributed by atoms with van der Waals surface area (Å²) in [6.07, 6.45) is 0.574. The first-order valence-corrected chi connectivity index (χ1v) is 4.78. The number of terminal acetylenes is 1. The number of anilines is 1. The van der Waals surface area contributed by atoms with E-state index in [4.69, 9.17) is 6.42 Å². The van der Waals surface area contributed by atoms with E-state index in [2.05, 4.69) is 27.2 Å². The number of alkyl halides is 3. The molecule has 0 unspecified atom stereocenters. The van der Waals surface area contributed by atoms with Crippen molar-refractivity contribution in [1.82, 2.24) is 0 Å². The van der Waals surface area contributed by atoms with E-state index in [0.29, 0.717) is 4.47 Å². The van der Waals surface area contributed by atoms with Crippen molar-refractivity contribution in [3.63, 3.8) is 0 Å². The zero-order valence-electron chi connectivity index (χ0n) is 7.53. The zero-order chi connectivity index (χ0) is 11.5. The molecule has 0 aliphatic heterocycles. The van der Waals surface area contributed by atoms with Crippen LogP contribution in [0.5, 0.6) is 0 Å². The lowest BCUT2D eigenvalue weighted by Crippen LogP contribution is -2.11. The zero-order valence-corrected chi connectivity index (χ0v) is 9.11. The molecule has 1 aromatic carbocycles. The molecule has 0 saturated heterocycles. The van der Waals surface area contributed by atoms with Crippen LogP contribution < -0.4 is 5.32 Å². The Morgan fingerprint density at radius 2 is 2.07 bits per heavy atom. The summed E-state index contributed by atoms with van der Waals surface area (Å²) < 4.78 is 38.0. The third-order valence-corrected chi connectivity index (χ3v) is 2.16. The average molecular weight is 278 g/mol. The summed E-state index contributed by atoms with van der Waals surface area (Å²) in [5, 5.41) is 2.52. The van der Waals surface area contributed by atoms with Crippen LogP contribution in [0.4, 0.5) is 18.9 Å². The van der Waals surface area contributed by atoms with Crippen molar-refractivity contribution in [3.8, 4) is 12.3 Å². The highest BCUT2D eigenvalue weighted by molar-refractivity contribution is 9.10. The van der Waals surface area contributed by atoms with Crippen LogP contribution >= 0.6 is 15.9 Å². The number of hydrogen-bond acceptors (Lipinski definition) is 1. The predicted molar refractivity (Wildman–Crippen MR) is 56.5 cm³/mol. The molecule has 0 aromatic heterocycles. The van der Waals surface area contributed by atoms with Crippen LogP contribution in [0.15, 0.2) is 22.7 Å². The van der Waals surface area contributed by atoms with Gasteiger partial charge in [0.1, 0.15) is 0 Å². The third-order valence-electron chi connectivity index (χ3n) is 1.67. The van der Waals surface area contributed by atoms with Crippen LogP contribution in [0.2, 0.25) is 0 Å². The number of benzene rings is 1. The van der Waals surface area contributed by atoms with E-state index in [-0.39, 0.29) is 12.2 Å². The number of hydrogen-bond donors (Lipinski definition) is 1. The minimum atomic E-state index is -4.39. The predicted octanol–water partition coefficient (Wildman–Crippen LogP) is 3.51. The van der Waals surface area contributed by atoms with Gasteiger partial charge in [-0.15, -0.1) is 6.42 Å². The van der Waals surface area contributed by atoms with E-state index in [1.165, 1.54) is 12.1 Å². The van der Waals surface area contributed by atoms with Crippen LogP contribution in [0.25, 0.3) is 0 Å². The molecule has 80 valence electrons. The lowest BCUT2D eigenvalue weighted by atomic mass is 10.1. The van der Waals surface area contributed by atoms with E-state index >= 15 is 0 Å². The van der Waals surface area contributed by atoms with E-state index < -0.39 is 11.7 Å². The van der Waals surface area contributed by atoms with Gasteiger partial charge in [-0.2, -0.15) is 13.2 Å². The molecule has 0 aliphatic carbocycles. The van der Waals surface area contributed by atoms with Gasteiger partial charge < -0.3 is 5.32 Å². The van der Waals surface area contributed by atoms with Crippen LogP contribution in [-0.4, -0.2) is 6.54 Å². The topological polar surface area (TPSA) is 12.0 Å². The Balaban J connectivity index is 3.10. The Bertz CT molecular complexity index is 393. The first kappa shape index (κ1) is 11.9. The van der Waals surface area contributed by atoms with E-state index in [0.717, 1.165) is 6.07 Å². The van der Waals surface area contributed by atoms with Gasteiger partial charge in [-0.25, -0.2) is 0 Å². The summed E-state index contributed by atoms with van der Waals surface area (Å²) in [5.74, 6) is 2.22. The third kappa shape index (κ3) is 3.17. The molecule has 5 heteroatoms. The molecule has 1 N–H and O–H groups in total. The van der Waals surface area contributed by atoms with Gasteiger partial charge in [0.25, 0.3) is 0 Å². The van der Waals surface area contributed by atoms with E-state index in [1.807, 2.05) is 0 Å². The first-order valence-electron chi connectivity index (χ1n) is 3.99. The van der Waals surface area contributed by atoms with Crippen molar-refractivity contribution in [2.45, 2.75) is 6.18 Å². The highest BCUT2D eigenvalue weighted by atomic mass is 79.9. The highest BCUT2D eigenvalue weighted by Crippen LogP contribution is 2.36. The Morgan fingerprint density at radius 3 is 2.60 bits per heavy atom. The molecule has 0 heterocycles. The Kier molecular flexibility index (Phi) is 3.64. The SMILES string of the molecule is C#CCNc1ccc(Br)cc1C(F)(F)F. The van der Waals surface area contributed by atoms with Gasteiger partial charge in [0.05, 0.1) is 12.1 Å². The minimum Gasteiger partial charge on any atom is -0.374 e. The molecule has 0 bridgehead atoms. The summed E-state index contributed by atoms with van der Waals surface area (Å²) in [5.41, 5.74) is -0.740. The van der Waals surface area contributed by atoms with Gasteiger partial charge >= 0.3 is 6.18 Å². The molecule has 0 spiro atoms. The van der Waals surface area contributed by atoms with Gasteiger partial charge in [-0.05, 0) is 18.2 Å². The summed E-state index contributed by atoms with van der Waals surface area (Å²) >= 11 is 2.99. The van der Waals surface area contributed by atoms with Gasteiger partial charge in [0.2, 0.25) is 0 Å². The minimum absolute atomic E-state index is 0.0105.